The number of carbonyl (C=O) groups is 1. The zero-order chi connectivity index (χ0) is 15.1. The molecule has 1 aliphatic heterocycles. The maximum Gasteiger partial charge on any atom is 0.227 e. The van der Waals surface area contributed by atoms with E-state index in [0.717, 1.165) is 34.2 Å². The van der Waals surface area contributed by atoms with Gasteiger partial charge < -0.3 is 14.0 Å². The summed E-state index contributed by atoms with van der Waals surface area (Å²) in [5.41, 5.74) is 3.27. The molecule has 0 atom stereocenters. The smallest absolute Gasteiger partial charge is 0.227 e. The summed E-state index contributed by atoms with van der Waals surface area (Å²) in [5.74, 6) is 1.07. The van der Waals surface area contributed by atoms with Crippen molar-refractivity contribution in [1.29, 1.82) is 0 Å². The first-order valence-electron chi connectivity index (χ1n) is 7.45. The van der Waals surface area contributed by atoms with Crippen molar-refractivity contribution < 1.29 is 9.32 Å². The monoisotopic (exact) mass is 295 g/mol. The van der Waals surface area contributed by atoms with Gasteiger partial charge in [-0.3, -0.25) is 4.79 Å². The van der Waals surface area contributed by atoms with E-state index < -0.39 is 0 Å². The van der Waals surface area contributed by atoms with Crippen LogP contribution in [0.2, 0.25) is 0 Å². The Morgan fingerprint density at radius 2 is 2.23 bits per heavy atom. The van der Waals surface area contributed by atoms with Gasteiger partial charge in [0.25, 0.3) is 0 Å². The summed E-state index contributed by atoms with van der Waals surface area (Å²) in [4.78, 5) is 14.5. The number of fused-ring (bicyclic) bond motifs is 2. The van der Waals surface area contributed by atoms with E-state index in [9.17, 15) is 4.79 Å². The molecule has 5 nitrogen and oxygen atoms in total. The molecule has 1 aromatic carbocycles. The van der Waals surface area contributed by atoms with Gasteiger partial charge in [0.1, 0.15) is 5.76 Å². The van der Waals surface area contributed by atoms with E-state index in [2.05, 4.69) is 28.1 Å². The molecule has 22 heavy (non-hydrogen) atoms. The van der Waals surface area contributed by atoms with Crippen molar-refractivity contribution in [1.82, 2.24) is 14.6 Å². The predicted molar refractivity (Wildman–Crippen MR) is 82.2 cm³/mol. The van der Waals surface area contributed by atoms with Gasteiger partial charge in [0.2, 0.25) is 5.91 Å². The van der Waals surface area contributed by atoms with Crippen LogP contribution in [0, 0.1) is 0 Å². The Hall–Kier alpha value is -2.56. The van der Waals surface area contributed by atoms with Crippen LogP contribution in [-0.4, -0.2) is 27.1 Å². The maximum absolute atomic E-state index is 12.6. The van der Waals surface area contributed by atoms with Gasteiger partial charge in [0, 0.05) is 42.7 Å². The molecule has 0 saturated carbocycles. The number of rotatable bonds is 2. The first-order valence-corrected chi connectivity index (χ1v) is 7.45. The third kappa shape index (κ3) is 2.09. The van der Waals surface area contributed by atoms with Crippen LogP contribution in [0.1, 0.15) is 16.9 Å². The van der Waals surface area contributed by atoms with Crippen molar-refractivity contribution in [2.24, 2.45) is 7.05 Å². The third-order valence-corrected chi connectivity index (χ3v) is 4.37. The molecule has 2 aromatic heterocycles. The quantitative estimate of drug-likeness (QED) is 0.729. The summed E-state index contributed by atoms with van der Waals surface area (Å²) < 4.78 is 7.25. The lowest BCUT2D eigenvalue weighted by Gasteiger charge is -2.25. The number of benzene rings is 1. The average Bonchev–Trinajstić information content (AvgIpc) is 3.12. The lowest BCUT2D eigenvalue weighted by atomic mass is 10.1. The van der Waals surface area contributed by atoms with Crippen LogP contribution in [0.5, 0.6) is 0 Å². The molecule has 0 spiro atoms. The number of carbonyl (C=O) groups excluding carboxylic acids is 1. The van der Waals surface area contributed by atoms with Crippen LogP contribution >= 0.6 is 0 Å². The zero-order valence-corrected chi connectivity index (χ0v) is 12.5. The summed E-state index contributed by atoms with van der Waals surface area (Å²) in [7, 11) is 2.01. The molecule has 0 aliphatic carbocycles. The van der Waals surface area contributed by atoms with Gasteiger partial charge in [-0.1, -0.05) is 23.4 Å². The van der Waals surface area contributed by atoms with E-state index in [0.29, 0.717) is 19.5 Å². The highest BCUT2D eigenvalue weighted by Gasteiger charge is 2.24. The Bertz CT molecular complexity index is 847. The molecular formula is C17H17N3O2. The number of nitrogens with zero attached hydrogens (tertiary/aromatic N) is 3. The van der Waals surface area contributed by atoms with Crippen LogP contribution in [0.25, 0.3) is 10.9 Å². The number of amides is 1. The fourth-order valence-corrected chi connectivity index (χ4v) is 3.19. The molecule has 3 heterocycles. The fourth-order valence-electron chi connectivity index (χ4n) is 3.19. The van der Waals surface area contributed by atoms with Crippen LogP contribution in [0.15, 0.2) is 41.2 Å². The van der Waals surface area contributed by atoms with Crippen molar-refractivity contribution >= 4 is 16.8 Å². The van der Waals surface area contributed by atoms with Gasteiger partial charge >= 0.3 is 0 Å². The Morgan fingerprint density at radius 1 is 1.36 bits per heavy atom. The largest absolute Gasteiger partial charge is 0.361 e. The standard InChI is InChI=1S/C17H17N3O2/c1-19-10-12(14-4-2-3-5-15(14)19)8-17(21)20-7-6-16-13(11-20)9-18-22-16/h2-5,9-10H,6-8,11H2,1H3. The van der Waals surface area contributed by atoms with Gasteiger partial charge in [-0.15, -0.1) is 0 Å². The first kappa shape index (κ1) is 13.1. The van der Waals surface area contributed by atoms with Crippen LogP contribution in [-0.2, 0) is 31.2 Å². The van der Waals surface area contributed by atoms with Crippen molar-refractivity contribution in [3.8, 4) is 0 Å². The Labute approximate surface area is 128 Å². The van der Waals surface area contributed by atoms with E-state index >= 15 is 0 Å². The molecule has 1 amide bonds. The average molecular weight is 295 g/mol. The van der Waals surface area contributed by atoms with Gasteiger partial charge in [-0.2, -0.15) is 0 Å². The molecule has 0 saturated heterocycles. The summed E-state index contributed by atoms with van der Waals surface area (Å²) >= 11 is 0. The minimum Gasteiger partial charge on any atom is -0.361 e. The molecule has 112 valence electrons. The third-order valence-electron chi connectivity index (χ3n) is 4.37. The Morgan fingerprint density at radius 3 is 3.14 bits per heavy atom. The topological polar surface area (TPSA) is 51.3 Å². The number of para-hydroxylation sites is 1. The van der Waals surface area contributed by atoms with Crippen molar-refractivity contribution in [3.05, 3.63) is 53.5 Å². The van der Waals surface area contributed by atoms with Gasteiger partial charge in [0.05, 0.1) is 19.2 Å². The maximum atomic E-state index is 12.6. The first-order chi connectivity index (χ1) is 10.7. The second-order valence-electron chi connectivity index (χ2n) is 5.80. The second-order valence-corrected chi connectivity index (χ2v) is 5.80. The SMILES string of the molecule is Cn1cc(CC(=O)N2CCc3oncc3C2)c2ccccc21. The number of aryl methyl sites for hydroxylation is 1. The minimum absolute atomic E-state index is 0.156. The van der Waals surface area contributed by atoms with Gasteiger partial charge in [-0.05, 0) is 11.6 Å². The Balaban J connectivity index is 1.57. The summed E-state index contributed by atoms with van der Waals surface area (Å²) in [6.45, 7) is 1.30. The van der Waals surface area contributed by atoms with E-state index in [1.807, 2.05) is 24.1 Å². The van der Waals surface area contributed by atoms with E-state index in [1.165, 1.54) is 0 Å². The van der Waals surface area contributed by atoms with Gasteiger partial charge in [-0.25, -0.2) is 0 Å². The molecule has 5 heteroatoms. The highest BCUT2D eigenvalue weighted by molar-refractivity contribution is 5.89. The van der Waals surface area contributed by atoms with Gasteiger partial charge in [0.15, 0.2) is 0 Å². The van der Waals surface area contributed by atoms with Crippen LogP contribution < -0.4 is 0 Å². The fraction of sp³-hybridized carbons (Fsp3) is 0.294. The number of hydrogen-bond donors (Lipinski definition) is 0. The number of hydrogen-bond acceptors (Lipinski definition) is 3. The molecule has 0 bridgehead atoms. The van der Waals surface area contributed by atoms with E-state index in [1.54, 1.807) is 6.20 Å². The number of aromatic nitrogens is 2. The zero-order valence-electron chi connectivity index (χ0n) is 12.5. The highest BCUT2D eigenvalue weighted by atomic mass is 16.5. The lowest BCUT2D eigenvalue weighted by Crippen LogP contribution is -2.36. The van der Waals surface area contributed by atoms with Crippen LogP contribution in [0.4, 0.5) is 0 Å². The summed E-state index contributed by atoms with van der Waals surface area (Å²) in [6, 6.07) is 8.19. The molecule has 0 unspecified atom stereocenters. The molecule has 0 fully saturated rings. The highest BCUT2D eigenvalue weighted by Crippen LogP contribution is 2.23. The molecule has 1 aliphatic rings. The molecule has 3 aromatic rings. The molecule has 0 N–H and O–H groups in total. The lowest BCUT2D eigenvalue weighted by molar-refractivity contribution is -0.131. The van der Waals surface area contributed by atoms with E-state index in [-0.39, 0.29) is 5.91 Å². The van der Waals surface area contributed by atoms with Crippen molar-refractivity contribution in [2.75, 3.05) is 6.54 Å². The molecular weight excluding hydrogens is 278 g/mol. The van der Waals surface area contributed by atoms with E-state index in [4.69, 9.17) is 4.52 Å². The molecule has 4 rings (SSSR count). The molecule has 0 radical (unpaired) electrons. The minimum atomic E-state index is 0.156. The van der Waals surface area contributed by atoms with Crippen molar-refractivity contribution in [3.63, 3.8) is 0 Å². The predicted octanol–water partition coefficient (Wildman–Crippen LogP) is 2.29. The normalized spacial score (nSPS) is 14.3. The summed E-state index contributed by atoms with van der Waals surface area (Å²) in [5, 5.41) is 4.96. The van der Waals surface area contributed by atoms with Crippen LogP contribution in [0.3, 0.4) is 0 Å². The van der Waals surface area contributed by atoms with Crippen molar-refractivity contribution in [2.45, 2.75) is 19.4 Å². The second kappa shape index (κ2) is 5.02. The summed E-state index contributed by atoms with van der Waals surface area (Å²) in [6.07, 6.45) is 4.95. The Kier molecular flexibility index (Phi) is 2.99.